The topological polar surface area (TPSA) is 260 Å². The molecule has 0 amide bonds. The number of ether oxygens (including phenoxy) is 8. The number of rotatable bonds is 7. The first-order chi connectivity index (χ1) is 27.6. The zero-order valence-corrected chi connectivity index (χ0v) is 33.6. The molecule has 0 radical (unpaired) electrons. The summed E-state index contributed by atoms with van der Waals surface area (Å²) in [6.07, 6.45) is -8.45. The van der Waals surface area contributed by atoms with Gasteiger partial charge >= 0.3 is 41.8 Å². The summed E-state index contributed by atoms with van der Waals surface area (Å²) in [5, 5.41) is 26.3. The lowest BCUT2D eigenvalue weighted by Crippen LogP contribution is -2.89. The summed E-state index contributed by atoms with van der Waals surface area (Å²) >= 11 is 0. The fourth-order valence-corrected chi connectivity index (χ4v) is 9.45. The van der Waals surface area contributed by atoms with E-state index >= 15 is 0 Å². The van der Waals surface area contributed by atoms with E-state index < -0.39 is 132 Å². The molecular weight excluding hydrogens is 780 g/mol. The Kier molecular flexibility index (Phi) is 11.4. The van der Waals surface area contributed by atoms with Gasteiger partial charge in [0.25, 0.3) is 0 Å². The quantitative estimate of drug-likeness (QED) is 0.293. The molecule has 2 aromatic heterocycles. The molecule has 1 saturated heterocycles. The minimum atomic E-state index is -2.83. The molecule has 3 fully saturated rings. The largest absolute Gasteiger partial charge is 0.465 e. The Morgan fingerprint density at radius 3 is 2.08 bits per heavy atom. The number of carbonyl (C=O) groups is 7. The van der Waals surface area contributed by atoms with Crippen molar-refractivity contribution in [1.29, 1.82) is 0 Å². The average Bonchev–Trinajstić information content (AvgIpc) is 3.37. The Morgan fingerprint density at radius 1 is 0.847 bits per heavy atom. The third-order valence-electron chi connectivity index (χ3n) is 12.0. The maximum absolute atomic E-state index is 14.4. The molecule has 59 heavy (non-hydrogen) atoms. The van der Waals surface area contributed by atoms with E-state index in [1.807, 2.05) is 0 Å². The number of pyridine rings is 2. The molecule has 13 atom stereocenters. The van der Waals surface area contributed by atoms with Gasteiger partial charge in [-0.25, -0.2) is 9.59 Å². The van der Waals surface area contributed by atoms with Gasteiger partial charge in [0.15, 0.2) is 24.4 Å². The van der Waals surface area contributed by atoms with Crippen molar-refractivity contribution in [2.75, 3.05) is 13.2 Å². The van der Waals surface area contributed by atoms with E-state index in [1.54, 1.807) is 6.92 Å². The number of hydrogen-bond donors (Lipinski definition) is 2. The highest BCUT2D eigenvalue weighted by Crippen LogP contribution is 2.69. The molecule has 2 aromatic rings. The summed E-state index contributed by atoms with van der Waals surface area (Å²) in [4.78, 5) is 103. The van der Waals surface area contributed by atoms with Crippen molar-refractivity contribution < 1.29 is 81.7 Å². The van der Waals surface area contributed by atoms with E-state index in [0.29, 0.717) is 0 Å². The lowest BCUT2D eigenvalue weighted by atomic mass is 9.45. The van der Waals surface area contributed by atoms with Gasteiger partial charge < -0.3 is 48.1 Å². The van der Waals surface area contributed by atoms with Crippen LogP contribution in [-0.2, 0) is 61.9 Å². The second kappa shape index (κ2) is 15.6. The third kappa shape index (κ3) is 6.87. The molecule has 2 aliphatic carbocycles. The molecule has 4 aliphatic rings. The number of aliphatic hydroxyl groups excluding tert-OH is 1. The van der Waals surface area contributed by atoms with Crippen LogP contribution in [-0.4, -0.2) is 129 Å². The Morgan fingerprint density at radius 2 is 1.47 bits per heavy atom. The summed E-state index contributed by atoms with van der Waals surface area (Å²) in [6, 6.07) is 5.63. The van der Waals surface area contributed by atoms with Crippen molar-refractivity contribution in [1.82, 2.24) is 9.97 Å². The Labute approximate surface area is 337 Å². The highest BCUT2D eigenvalue weighted by atomic mass is 16.7. The van der Waals surface area contributed by atoms with Gasteiger partial charge in [0.05, 0.1) is 34.8 Å². The Balaban J connectivity index is 1.75. The number of hydrogen-bond acceptors (Lipinski definition) is 19. The lowest BCUT2D eigenvalue weighted by Gasteiger charge is -2.67. The number of nitrogens with zero attached hydrogens (tertiary/aromatic N) is 2. The van der Waals surface area contributed by atoms with E-state index in [9.17, 15) is 43.8 Å². The van der Waals surface area contributed by atoms with Gasteiger partial charge in [-0.1, -0.05) is 13.8 Å². The van der Waals surface area contributed by atoms with Crippen LogP contribution in [0.15, 0.2) is 42.9 Å². The maximum Gasteiger partial charge on any atom is 0.340 e. The first kappa shape index (κ1) is 43.1. The van der Waals surface area contributed by atoms with E-state index in [1.165, 1.54) is 50.5 Å². The summed E-state index contributed by atoms with van der Waals surface area (Å²) in [5.74, 6) is -10.8. The van der Waals surface area contributed by atoms with Crippen molar-refractivity contribution in [3.8, 4) is 0 Å². The molecule has 13 unspecified atom stereocenters. The fraction of sp³-hybridized carbons (Fsp3) is 0.575. The van der Waals surface area contributed by atoms with Crippen molar-refractivity contribution in [3.05, 3.63) is 59.7 Å². The molecule has 4 bridgehead atoms. The predicted molar refractivity (Wildman–Crippen MR) is 193 cm³/mol. The maximum atomic E-state index is 14.4. The highest BCUT2D eigenvalue weighted by Gasteiger charge is 2.91. The molecule has 19 heteroatoms. The second-order valence-corrected chi connectivity index (χ2v) is 15.8. The van der Waals surface area contributed by atoms with Crippen LogP contribution in [0.25, 0.3) is 0 Å². The average molecular weight is 827 g/mol. The normalized spacial score (nSPS) is 37.4. The Bertz CT molecular complexity index is 2040. The van der Waals surface area contributed by atoms with Crippen molar-refractivity contribution in [2.24, 2.45) is 17.3 Å². The number of aromatic nitrogens is 2. The summed E-state index contributed by atoms with van der Waals surface area (Å²) in [7, 11) is 0. The molecule has 6 rings (SSSR count). The number of cyclic esters (lactones) is 1. The molecule has 0 aromatic carbocycles. The minimum absolute atomic E-state index is 0.0362. The van der Waals surface area contributed by atoms with Gasteiger partial charge in [-0.05, 0) is 38.1 Å². The number of fused-ring (bicyclic) bond motifs is 5. The number of esters is 7. The standard InChI is InChI=1S/C40H46N2O17/c1-18-19(2)34(48)57-31-29(55-22(5)45)33(58-35(49)24-11-9-13-41-15-24)39(17-52-20(3)43)32(56-23(6)46)28(54-21(4)44)26-30(47)40(39,38(31,8)51)59-37(26,7)16-53-36(50)25-12-10-14-42-27(18)25/h9-15,18-19,26,28-33,47,51H,16-17H2,1-8H3. The van der Waals surface area contributed by atoms with Gasteiger partial charge in [-0.3, -0.25) is 33.9 Å². The van der Waals surface area contributed by atoms with Crippen LogP contribution in [0, 0.1) is 17.3 Å². The van der Waals surface area contributed by atoms with Gasteiger partial charge in [0, 0.05) is 52.2 Å². The van der Waals surface area contributed by atoms with Crippen LogP contribution in [0.4, 0.5) is 0 Å². The Hall–Kier alpha value is -5.53. The fourth-order valence-electron chi connectivity index (χ4n) is 9.45. The van der Waals surface area contributed by atoms with Crippen LogP contribution in [0.3, 0.4) is 0 Å². The van der Waals surface area contributed by atoms with Crippen molar-refractivity contribution in [3.63, 3.8) is 0 Å². The van der Waals surface area contributed by atoms with E-state index in [2.05, 4.69) is 9.97 Å². The lowest BCUT2D eigenvalue weighted by molar-refractivity contribution is -0.385. The van der Waals surface area contributed by atoms with Crippen LogP contribution < -0.4 is 0 Å². The van der Waals surface area contributed by atoms with E-state index in [-0.39, 0.29) is 16.8 Å². The summed E-state index contributed by atoms with van der Waals surface area (Å²) in [5.41, 5.74) is -10.4. The van der Waals surface area contributed by atoms with Gasteiger partial charge in [-0.2, -0.15) is 0 Å². The second-order valence-electron chi connectivity index (χ2n) is 15.8. The molecule has 318 valence electrons. The zero-order chi connectivity index (χ0) is 43.4. The van der Waals surface area contributed by atoms with E-state index in [0.717, 1.165) is 40.8 Å². The molecule has 1 spiro atoms. The smallest absolute Gasteiger partial charge is 0.340 e. The SMILES string of the molecule is CC(=O)OCC12C(OC(C)=O)C(OC(C)=O)C3C(O)C14OC3(C)COC(=O)c1cccnc1C(C)C(C)C(=O)OC(C(OC(C)=O)C2OC(=O)c1cccnc1)C4(C)O. The van der Waals surface area contributed by atoms with Crippen molar-refractivity contribution in [2.45, 2.75) is 115 Å². The van der Waals surface area contributed by atoms with Crippen LogP contribution >= 0.6 is 0 Å². The molecule has 4 heterocycles. The summed E-state index contributed by atoms with van der Waals surface area (Å²) < 4.78 is 48.5. The third-order valence-corrected chi connectivity index (χ3v) is 12.0. The first-order valence-electron chi connectivity index (χ1n) is 18.8. The molecule has 19 nitrogen and oxygen atoms in total. The van der Waals surface area contributed by atoms with Gasteiger partial charge in [-0.15, -0.1) is 0 Å². The van der Waals surface area contributed by atoms with Crippen molar-refractivity contribution >= 4 is 41.8 Å². The van der Waals surface area contributed by atoms with Gasteiger partial charge in [0.1, 0.15) is 41.5 Å². The minimum Gasteiger partial charge on any atom is -0.465 e. The van der Waals surface area contributed by atoms with E-state index in [4.69, 9.17) is 37.9 Å². The van der Waals surface area contributed by atoms with Crippen LogP contribution in [0.2, 0.25) is 0 Å². The predicted octanol–water partition coefficient (Wildman–Crippen LogP) is 1.15. The molecular formula is C40H46N2O17. The summed E-state index contributed by atoms with van der Waals surface area (Å²) in [6.45, 7) is 7.67. The number of carbonyl (C=O) groups excluding carboxylic acids is 7. The number of aliphatic hydroxyl groups is 2. The zero-order valence-electron chi connectivity index (χ0n) is 33.6. The molecule has 2 N–H and O–H groups in total. The molecule has 2 saturated carbocycles. The molecule has 2 aliphatic heterocycles. The monoisotopic (exact) mass is 826 g/mol. The highest BCUT2D eigenvalue weighted by molar-refractivity contribution is 5.91. The van der Waals surface area contributed by atoms with Crippen LogP contribution in [0.5, 0.6) is 0 Å². The van der Waals surface area contributed by atoms with Gasteiger partial charge in [0.2, 0.25) is 0 Å². The first-order valence-corrected chi connectivity index (χ1v) is 18.8. The van der Waals surface area contributed by atoms with Crippen LogP contribution in [0.1, 0.15) is 87.7 Å².